The van der Waals surface area contributed by atoms with Gasteiger partial charge in [-0.05, 0) is 12.1 Å². The Kier molecular flexibility index (Phi) is 3.65. The largest absolute Gasteiger partial charge is 0.490 e. The fourth-order valence-corrected chi connectivity index (χ4v) is 1.06. The minimum atomic E-state index is -0.654. The van der Waals surface area contributed by atoms with Crippen molar-refractivity contribution >= 4 is 11.6 Å². The SMILES string of the molecule is COc1ccc(OCC(N)=O)cc1[N+](=O)[O-]. The van der Waals surface area contributed by atoms with Crippen LogP contribution in [0.4, 0.5) is 5.69 Å². The van der Waals surface area contributed by atoms with Crippen LogP contribution in [0.25, 0.3) is 0 Å². The summed E-state index contributed by atoms with van der Waals surface area (Å²) in [5.41, 5.74) is 4.64. The van der Waals surface area contributed by atoms with Crippen molar-refractivity contribution in [3.63, 3.8) is 0 Å². The maximum Gasteiger partial charge on any atom is 0.314 e. The summed E-state index contributed by atoms with van der Waals surface area (Å²) in [7, 11) is 1.33. The Hall–Kier alpha value is -2.31. The van der Waals surface area contributed by atoms with E-state index < -0.39 is 10.8 Å². The number of benzene rings is 1. The Labute approximate surface area is 90.9 Å². The van der Waals surface area contributed by atoms with E-state index in [0.29, 0.717) is 0 Å². The highest BCUT2D eigenvalue weighted by Gasteiger charge is 2.15. The molecule has 0 radical (unpaired) electrons. The number of hydrogen-bond donors (Lipinski definition) is 1. The first-order valence-corrected chi connectivity index (χ1v) is 4.28. The lowest BCUT2D eigenvalue weighted by Gasteiger charge is -2.05. The highest BCUT2D eigenvalue weighted by Crippen LogP contribution is 2.30. The molecule has 0 unspecified atom stereocenters. The summed E-state index contributed by atoms with van der Waals surface area (Å²) in [6, 6.07) is 4.00. The molecule has 0 fully saturated rings. The minimum Gasteiger partial charge on any atom is -0.490 e. The molecule has 1 aromatic rings. The van der Waals surface area contributed by atoms with Gasteiger partial charge in [-0.25, -0.2) is 0 Å². The number of hydrogen-bond acceptors (Lipinski definition) is 5. The number of nitro groups is 1. The van der Waals surface area contributed by atoms with E-state index in [1.807, 2.05) is 0 Å². The molecule has 0 aliphatic carbocycles. The summed E-state index contributed by atoms with van der Waals surface area (Å²) in [6.07, 6.45) is 0. The molecule has 1 rings (SSSR count). The third-order valence-corrected chi connectivity index (χ3v) is 1.73. The number of carbonyl (C=O) groups excluding carboxylic acids is 1. The Morgan fingerprint density at radius 3 is 2.75 bits per heavy atom. The number of nitrogens with zero attached hydrogens (tertiary/aromatic N) is 1. The lowest BCUT2D eigenvalue weighted by Crippen LogP contribution is -2.20. The normalized spacial score (nSPS) is 9.56. The number of ether oxygens (including phenoxy) is 2. The van der Waals surface area contributed by atoms with Gasteiger partial charge in [-0.1, -0.05) is 0 Å². The van der Waals surface area contributed by atoms with E-state index in [1.165, 1.54) is 25.3 Å². The molecule has 86 valence electrons. The summed E-state index contributed by atoms with van der Waals surface area (Å²) in [5, 5.41) is 10.6. The second-order valence-corrected chi connectivity index (χ2v) is 2.85. The van der Waals surface area contributed by atoms with Crippen molar-refractivity contribution < 1.29 is 19.2 Å². The smallest absolute Gasteiger partial charge is 0.314 e. The van der Waals surface area contributed by atoms with Gasteiger partial charge in [0, 0.05) is 0 Å². The molecule has 0 saturated carbocycles. The molecule has 0 aliphatic rings. The van der Waals surface area contributed by atoms with Crippen molar-refractivity contribution in [1.29, 1.82) is 0 Å². The first kappa shape index (κ1) is 11.8. The van der Waals surface area contributed by atoms with Crippen LogP contribution in [0.1, 0.15) is 0 Å². The van der Waals surface area contributed by atoms with Gasteiger partial charge in [0.1, 0.15) is 5.75 Å². The summed E-state index contributed by atoms with van der Waals surface area (Å²) in [4.78, 5) is 20.5. The Balaban J connectivity index is 2.93. The van der Waals surface area contributed by atoms with Gasteiger partial charge in [-0.3, -0.25) is 14.9 Å². The van der Waals surface area contributed by atoms with E-state index in [9.17, 15) is 14.9 Å². The predicted molar refractivity (Wildman–Crippen MR) is 54.3 cm³/mol. The molecule has 0 aliphatic heterocycles. The Bertz CT molecular complexity index is 418. The van der Waals surface area contributed by atoms with Gasteiger partial charge < -0.3 is 15.2 Å². The predicted octanol–water partition coefficient (Wildman–Crippen LogP) is 0.467. The lowest BCUT2D eigenvalue weighted by atomic mass is 10.3. The maximum atomic E-state index is 10.6. The van der Waals surface area contributed by atoms with Gasteiger partial charge in [0.2, 0.25) is 0 Å². The van der Waals surface area contributed by atoms with E-state index in [2.05, 4.69) is 0 Å². The number of primary amides is 1. The van der Waals surface area contributed by atoms with Crippen LogP contribution in [0.15, 0.2) is 18.2 Å². The van der Waals surface area contributed by atoms with Crippen molar-refractivity contribution in [2.24, 2.45) is 5.73 Å². The zero-order valence-electron chi connectivity index (χ0n) is 8.50. The maximum absolute atomic E-state index is 10.6. The fourth-order valence-electron chi connectivity index (χ4n) is 1.06. The molecule has 2 N–H and O–H groups in total. The highest BCUT2D eigenvalue weighted by atomic mass is 16.6. The van der Waals surface area contributed by atoms with Gasteiger partial charge in [-0.15, -0.1) is 0 Å². The number of methoxy groups -OCH3 is 1. The van der Waals surface area contributed by atoms with Crippen LogP contribution in [-0.4, -0.2) is 24.5 Å². The monoisotopic (exact) mass is 226 g/mol. The molecule has 1 aromatic carbocycles. The highest BCUT2D eigenvalue weighted by molar-refractivity contribution is 5.75. The van der Waals surface area contributed by atoms with Gasteiger partial charge in [0.25, 0.3) is 5.91 Å². The van der Waals surface area contributed by atoms with Crippen molar-refractivity contribution in [2.45, 2.75) is 0 Å². The molecule has 7 heteroatoms. The van der Waals surface area contributed by atoms with Crippen LogP contribution < -0.4 is 15.2 Å². The van der Waals surface area contributed by atoms with E-state index in [-0.39, 0.29) is 23.8 Å². The zero-order valence-corrected chi connectivity index (χ0v) is 8.50. The second kappa shape index (κ2) is 4.96. The number of amides is 1. The van der Waals surface area contributed by atoms with Crippen molar-refractivity contribution in [2.75, 3.05) is 13.7 Å². The molecule has 1 amide bonds. The third-order valence-electron chi connectivity index (χ3n) is 1.73. The molecule has 7 nitrogen and oxygen atoms in total. The van der Waals surface area contributed by atoms with Gasteiger partial charge in [-0.2, -0.15) is 0 Å². The van der Waals surface area contributed by atoms with E-state index in [4.69, 9.17) is 15.2 Å². The number of nitrogens with two attached hydrogens (primary N) is 1. The first-order chi connectivity index (χ1) is 7.54. The van der Waals surface area contributed by atoms with E-state index in [1.54, 1.807) is 0 Å². The topological polar surface area (TPSA) is 105 Å². The second-order valence-electron chi connectivity index (χ2n) is 2.85. The molecule has 0 bridgehead atoms. The average molecular weight is 226 g/mol. The molecule has 0 heterocycles. The van der Waals surface area contributed by atoms with Gasteiger partial charge in [0.05, 0.1) is 18.1 Å². The summed E-state index contributed by atoms with van der Waals surface area (Å²) < 4.78 is 9.72. The van der Waals surface area contributed by atoms with Gasteiger partial charge in [0.15, 0.2) is 12.4 Å². The first-order valence-electron chi connectivity index (χ1n) is 4.28. The molecule has 0 aromatic heterocycles. The fraction of sp³-hybridized carbons (Fsp3) is 0.222. The number of carbonyl (C=O) groups is 1. The molecule has 0 atom stereocenters. The minimum absolute atomic E-state index is 0.122. The lowest BCUT2D eigenvalue weighted by molar-refractivity contribution is -0.385. The summed E-state index contributed by atoms with van der Waals surface area (Å²) in [5.74, 6) is -0.346. The number of rotatable bonds is 5. The van der Waals surface area contributed by atoms with Crippen molar-refractivity contribution in [3.8, 4) is 11.5 Å². The Morgan fingerprint density at radius 1 is 1.56 bits per heavy atom. The van der Waals surface area contributed by atoms with Crippen LogP contribution in [0, 0.1) is 10.1 Å². The average Bonchev–Trinajstić information content (AvgIpc) is 2.25. The van der Waals surface area contributed by atoms with Gasteiger partial charge >= 0.3 is 5.69 Å². The molecule has 0 saturated heterocycles. The molecular formula is C9H10N2O5. The van der Waals surface area contributed by atoms with Crippen LogP contribution in [0.2, 0.25) is 0 Å². The number of nitro benzene ring substituents is 1. The third kappa shape index (κ3) is 2.84. The molecule has 16 heavy (non-hydrogen) atoms. The summed E-state index contributed by atoms with van der Waals surface area (Å²) >= 11 is 0. The van der Waals surface area contributed by atoms with Crippen molar-refractivity contribution in [1.82, 2.24) is 0 Å². The zero-order chi connectivity index (χ0) is 12.1. The van der Waals surface area contributed by atoms with E-state index >= 15 is 0 Å². The molecule has 0 spiro atoms. The van der Waals surface area contributed by atoms with E-state index in [0.717, 1.165) is 0 Å². The van der Waals surface area contributed by atoms with Crippen LogP contribution >= 0.6 is 0 Å². The Morgan fingerprint density at radius 2 is 2.25 bits per heavy atom. The van der Waals surface area contributed by atoms with Crippen LogP contribution in [-0.2, 0) is 4.79 Å². The quantitative estimate of drug-likeness (QED) is 0.580. The summed E-state index contributed by atoms with van der Waals surface area (Å²) in [6.45, 7) is -0.330. The standard InChI is InChI=1S/C9H10N2O5/c1-15-8-3-2-6(16-5-9(10)12)4-7(8)11(13)14/h2-4H,5H2,1H3,(H2,10,12). The van der Waals surface area contributed by atoms with Crippen LogP contribution in [0.5, 0.6) is 11.5 Å². The van der Waals surface area contributed by atoms with Crippen molar-refractivity contribution in [3.05, 3.63) is 28.3 Å². The van der Waals surface area contributed by atoms with Crippen LogP contribution in [0.3, 0.4) is 0 Å². The molecular weight excluding hydrogens is 216 g/mol.